The fourth-order valence-corrected chi connectivity index (χ4v) is 2.75. The van der Waals surface area contributed by atoms with Crippen molar-refractivity contribution in [2.45, 2.75) is 25.4 Å². The average Bonchev–Trinajstić information content (AvgIpc) is 2.82. The molecule has 1 saturated heterocycles. The molecule has 16 heavy (non-hydrogen) atoms. The molecule has 3 nitrogen and oxygen atoms in total. The number of hydrogen-bond acceptors (Lipinski definition) is 3. The molecular weight excluding hydrogens is 202 g/mol. The highest BCUT2D eigenvalue weighted by molar-refractivity contribution is 5.45. The van der Waals surface area contributed by atoms with Crippen LogP contribution in [0.5, 0.6) is 11.5 Å². The molecule has 0 bridgehead atoms. The molecule has 0 amide bonds. The smallest absolute Gasteiger partial charge is 0.126 e. The van der Waals surface area contributed by atoms with E-state index in [2.05, 4.69) is 5.32 Å². The van der Waals surface area contributed by atoms with Crippen LogP contribution >= 0.6 is 0 Å². The van der Waals surface area contributed by atoms with Crippen molar-refractivity contribution in [2.24, 2.45) is 5.92 Å². The second-order valence-corrected chi connectivity index (χ2v) is 4.70. The monoisotopic (exact) mass is 219 g/mol. The fourth-order valence-electron chi connectivity index (χ4n) is 2.75. The second-order valence-electron chi connectivity index (χ2n) is 4.70. The fraction of sp³-hybridized carbons (Fsp3) is 0.538. The number of phenols is 1. The van der Waals surface area contributed by atoms with E-state index in [0.29, 0.717) is 17.8 Å². The normalized spacial score (nSPS) is 28.5. The van der Waals surface area contributed by atoms with E-state index < -0.39 is 0 Å². The van der Waals surface area contributed by atoms with Gasteiger partial charge >= 0.3 is 0 Å². The third-order valence-electron chi connectivity index (χ3n) is 3.69. The predicted molar refractivity (Wildman–Crippen MR) is 61.8 cm³/mol. The molecule has 3 rings (SSSR count). The molecule has 0 radical (unpaired) electrons. The van der Waals surface area contributed by atoms with Crippen LogP contribution in [0.25, 0.3) is 0 Å². The first-order valence-corrected chi connectivity index (χ1v) is 6.03. The Morgan fingerprint density at radius 3 is 3.06 bits per heavy atom. The van der Waals surface area contributed by atoms with E-state index in [-0.39, 0.29) is 0 Å². The molecule has 2 heterocycles. The number of fused-ring (bicyclic) bond motifs is 1. The Morgan fingerprint density at radius 1 is 1.31 bits per heavy atom. The van der Waals surface area contributed by atoms with Gasteiger partial charge in [-0.25, -0.2) is 0 Å². The summed E-state index contributed by atoms with van der Waals surface area (Å²) in [6, 6.07) is 5.55. The molecule has 2 atom stereocenters. The van der Waals surface area contributed by atoms with Crippen LogP contribution in [-0.2, 0) is 6.42 Å². The lowest BCUT2D eigenvalue weighted by Gasteiger charge is -2.30. The number of ether oxygens (including phenoxy) is 1. The quantitative estimate of drug-likeness (QED) is 0.755. The van der Waals surface area contributed by atoms with Gasteiger partial charge < -0.3 is 15.2 Å². The lowest BCUT2D eigenvalue weighted by molar-refractivity contribution is 0.118. The molecule has 86 valence electrons. The largest absolute Gasteiger partial charge is 0.508 e. The van der Waals surface area contributed by atoms with Gasteiger partial charge in [-0.15, -0.1) is 0 Å². The van der Waals surface area contributed by atoms with E-state index >= 15 is 0 Å². The van der Waals surface area contributed by atoms with Gasteiger partial charge in [-0.3, -0.25) is 0 Å². The van der Waals surface area contributed by atoms with Gasteiger partial charge in [-0.2, -0.15) is 0 Å². The minimum Gasteiger partial charge on any atom is -0.508 e. The molecule has 2 N–H and O–H groups in total. The van der Waals surface area contributed by atoms with Crippen LogP contribution in [0.2, 0.25) is 0 Å². The lowest BCUT2D eigenvalue weighted by atomic mass is 9.92. The van der Waals surface area contributed by atoms with Crippen LogP contribution in [-0.4, -0.2) is 24.3 Å². The molecule has 0 saturated carbocycles. The molecule has 1 aromatic rings. The summed E-state index contributed by atoms with van der Waals surface area (Å²) in [5, 5.41) is 13.1. The van der Waals surface area contributed by atoms with Gasteiger partial charge in [0.25, 0.3) is 0 Å². The Kier molecular flexibility index (Phi) is 2.48. The summed E-state index contributed by atoms with van der Waals surface area (Å²) in [4.78, 5) is 0. The summed E-state index contributed by atoms with van der Waals surface area (Å²) >= 11 is 0. The van der Waals surface area contributed by atoms with Gasteiger partial charge in [0.2, 0.25) is 0 Å². The third kappa shape index (κ3) is 1.65. The van der Waals surface area contributed by atoms with E-state index in [1.807, 2.05) is 12.1 Å². The molecule has 3 heteroatoms. The SMILES string of the molecule is Oc1cccc2c1CCC(C1CCNC1)O2. The number of phenolic OH excluding ortho intramolecular Hbond substituents is 1. The molecule has 2 unspecified atom stereocenters. The summed E-state index contributed by atoms with van der Waals surface area (Å²) in [5.41, 5.74) is 0.977. The van der Waals surface area contributed by atoms with Gasteiger partial charge in [0.1, 0.15) is 17.6 Å². The molecule has 2 aliphatic rings. The number of rotatable bonds is 1. The first-order chi connectivity index (χ1) is 7.84. The summed E-state index contributed by atoms with van der Waals surface area (Å²) in [7, 11) is 0. The highest BCUT2D eigenvalue weighted by Crippen LogP contribution is 2.36. The summed E-state index contributed by atoms with van der Waals surface area (Å²) < 4.78 is 6.00. The Hall–Kier alpha value is -1.22. The first kappa shape index (κ1) is 9.97. The van der Waals surface area contributed by atoms with Gasteiger partial charge in [0, 0.05) is 18.0 Å². The minimum atomic E-state index is 0.323. The summed E-state index contributed by atoms with van der Waals surface area (Å²) in [6.45, 7) is 2.18. The molecule has 1 fully saturated rings. The molecule has 2 aliphatic heterocycles. The molecule has 0 aromatic heterocycles. The topological polar surface area (TPSA) is 41.5 Å². The van der Waals surface area contributed by atoms with E-state index in [1.165, 1.54) is 6.42 Å². The van der Waals surface area contributed by atoms with Gasteiger partial charge in [-0.1, -0.05) is 6.07 Å². The van der Waals surface area contributed by atoms with Crippen LogP contribution < -0.4 is 10.1 Å². The maximum atomic E-state index is 9.72. The summed E-state index contributed by atoms with van der Waals surface area (Å²) in [5.74, 6) is 1.89. The van der Waals surface area contributed by atoms with Crippen molar-refractivity contribution < 1.29 is 9.84 Å². The van der Waals surface area contributed by atoms with Gasteiger partial charge in [0.05, 0.1) is 0 Å². The molecule has 0 spiro atoms. The number of nitrogens with one attached hydrogen (secondary N) is 1. The molecule has 1 aromatic carbocycles. The molecule has 0 aliphatic carbocycles. The first-order valence-electron chi connectivity index (χ1n) is 6.03. The second kappa shape index (κ2) is 3.98. The zero-order valence-electron chi connectivity index (χ0n) is 9.28. The average molecular weight is 219 g/mol. The van der Waals surface area contributed by atoms with Crippen molar-refractivity contribution in [3.63, 3.8) is 0 Å². The Bertz CT molecular complexity index is 386. The molecular formula is C13H17NO2. The predicted octanol–water partition coefficient (Wildman–Crippen LogP) is 1.70. The zero-order valence-corrected chi connectivity index (χ0v) is 9.28. The van der Waals surface area contributed by atoms with Crippen molar-refractivity contribution in [3.05, 3.63) is 23.8 Å². The number of aromatic hydroxyl groups is 1. The minimum absolute atomic E-state index is 0.323. The van der Waals surface area contributed by atoms with Gasteiger partial charge in [0.15, 0.2) is 0 Å². The van der Waals surface area contributed by atoms with E-state index in [1.54, 1.807) is 6.07 Å². The van der Waals surface area contributed by atoms with Gasteiger partial charge in [-0.05, 0) is 37.9 Å². The van der Waals surface area contributed by atoms with Crippen molar-refractivity contribution >= 4 is 0 Å². The zero-order chi connectivity index (χ0) is 11.0. The highest BCUT2D eigenvalue weighted by atomic mass is 16.5. The maximum absolute atomic E-state index is 9.72. The Morgan fingerprint density at radius 2 is 2.25 bits per heavy atom. The van der Waals surface area contributed by atoms with E-state index in [0.717, 1.165) is 37.2 Å². The van der Waals surface area contributed by atoms with E-state index in [4.69, 9.17) is 4.74 Å². The van der Waals surface area contributed by atoms with Crippen LogP contribution in [0.15, 0.2) is 18.2 Å². The van der Waals surface area contributed by atoms with Crippen molar-refractivity contribution in [3.8, 4) is 11.5 Å². The van der Waals surface area contributed by atoms with Crippen molar-refractivity contribution in [2.75, 3.05) is 13.1 Å². The third-order valence-corrected chi connectivity index (χ3v) is 3.69. The standard InChI is InChI=1S/C13H17NO2/c15-11-2-1-3-13-10(11)4-5-12(16-13)9-6-7-14-8-9/h1-3,9,12,14-15H,4-8H2. The Labute approximate surface area is 95.4 Å². The number of hydrogen-bond donors (Lipinski definition) is 2. The number of benzene rings is 1. The van der Waals surface area contributed by atoms with Crippen LogP contribution in [0, 0.1) is 5.92 Å². The summed E-state index contributed by atoms with van der Waals surface area (Å²) in [6.07, 6.45) is 3.49. The van der Waals surface area contributed by atoms with Crippen LogP contribution in [0.3, 0.4) is 0 Å². The maximum Gasteiger partial charge on any atom is 0.126 e. The Balaban J connectivity index is 1.80. The van der Waals surface area contributed by atoms with E-state index in [9.17, 15) is 5.11 Å². The lowest BCUT2D eigenvalue weighted by Crippen LogP contribution is -2.32. The van der Waals surface area contributed by atoms with Crippen LogP contribution in [0.1, 0.15) is 18.4 Å². The van der Waals surface area contributed by atoms with Crippen molar-refractivity contribution in [1.29, 1.82) is 0 Å². The van der Waals surface area contributed by atoms with Crippen LogP contribution in [0.4, 0.5) is 0 Å². The van der Waals surface area contributed by atoms with Crippen molar-refractivity contribution in [1.82, 2.24) is 5.32 Å². The highest BCUT2D eigenvalue weighted by Gasteiger charge is 2.30.